The van der Waals surface area contributed by atoms with Gasteiger partial charge in [0.2, 0.25) is 5.89 Å². The molecule has 6 rings (SSSR count). The average molecular weight is 484 g/mol. The van der Waals surface area contributed by atoms with E-state index < -0.39 is 5.97 Å². The summed E-state index contributed by atoms with van der Waals surface area (Å²) in [5.74, 6) is 1.30. The standard InChI is InChI=1S/C29H27N3O4/c33-29(34)23-5-1-20(2-6-23)16-31-18-25-15-24(31)19-32(25)17-21-3-9-26(10-4-21)36-27-11-7-22(8-12-27)28-30-13-14-35-28/h1-14,24-25H,15-19H2,(H,33,34)/t24-,25-/m0/s1/i29+2. The van der Waals surface area contributed by atoms with Crippen molar-refractivity contribution in [3.63, 3.8) is 0 Å². The van der Waals surface area contributed by atoms with Crippen molar-refractivity contribution in [3.8, 4) is 23.0 Å². The highest BCUT2D eigenvalue weighted by atomic mass is 16.6. The number of carboxylic acid groups (broad SMARTS) is 1. The molecule has 0 spiro atoms. The zero-order chi connectivity index (χ0) is 24.5. The van der Waals surface area contributed by atoms with Crippen LogP contribution in [0.1, 0.15) is 27.9 Å². The molecule has 3 aromatic carbocycles. The molecule has 3 heterocycles. The van der Waals surface area contributed by atoms with Crippen LogP contribution in [0.2, 0.25) is 0 Å². The Bertz CT molecular complexity index is 1320. The second kappa shape index (κ2) is 9.60. The van der Waals surface area contributed by atoms with Gasteiger partial charge in [-0.25, -0.2) is 9.78 Å². The van der Waals surface area contributed by atoms with E-state index in [9.17, 15) is 4.79 Å². The Hall–Kier alpha value is -3.94. The number of rotatable bonds is 8. The number of carbonyl (C=O) groups is 1. The van der Waals surface area contributed by atoms with Gasteiger partial charge in [-0.2, -0.15) is 0 Å². The number of likely N-dealkylation sites (tertiary alicyclic amines) is 2. The molecule has 7 nitrogen and oxygen atoms in total. The van der Waals surface area contributed by atoms with E-state index in [4.69, 9.17) is 14.3 Å². The van der Waals surface area contributed by atoms with E-state index in [-0.39, 0.29) is 0 Å². The number of fused-ring (bicyclic) bond motifs is 2. The van der Waals surface area contributed by atoms with Crippen LogP contribution in [0.4, 0.5) is 0 Å². The van der Waals surface area contributed by atoms with Crippen molar-refractivity contribution in [2.75, 3.05) is 13.1 Å². The first kappa shape index (κ1) is 22.5. The van der Waals surface area contributed by atoms with Crippen LogP contribution in [0.5, 0.6) is 11.5 Å². The van der Waals surface area contributed by atoms with E-state index in [1.165, 1.54) is 17.5 Å². The minimum Gasteiger partial charge on any atom is -0.478 e. The predicted molar refractivity (Wildman–Crippen MR) is 135 cm³/mol. The molecule has 36 heavy (non-hydrogen) atoms. The molecule has 1 N–H and O–H groups in total. The second-order valence-corrected chi connectivity index (χ2v) is 9.51. The molecule has 0 amide bonds. The van der Waals surface area contributed by atoms with Gasteiger partial charge < -0.3 is 14.3 Å². The molecule has 2 atom stereocenters. The molecule has 0 radical (unpaired) electrons. The van der Waals surface area contributed by atoms with Crippen LogP contribution in [0.25, 0.3) is 11.5 Å². The average Bonchev–Trinajstić information content (AvgIpc) is 3.65. The fourth-order valence-electron chi connectivity index (χ4n) is 5.27. The van der Waals surface area contributed by atoms with Crippen LogP contribution in [-0.2, 0) is 13.1 Å². The fourth-order valence-corrected chi connectivity index (χ4v) is 5.27. The van der Waals surface area contributed by atoms with Gasteiger partial charge in [0.25, 0.3) is 0 Å². The van der Waals surface area contributed by atoms with Crippen molar-refractivity contribution in [1.29, 1.82) is 0 Å². The number of nitrogens with zero attached hydrogens (tertiary/aromatic N) is 3. The molecule has 7 heteroatoms. The maximum absolute atomic E-state index is 11.1. The molecule has 1 aromatic heterocycles. The summed E-state index contributed by atoms with van der Waals surface area (Å²) < 4.78 is 11.3. The molecule has 0 aliphatic carbocycles. The Balaban J connectivity index is 1.01. The van der Waals surface area contributed by atoms with Gasteiger partial charge in [-0.1, -0.05) is 24.3 Å². The molecule has 182 valence electrons. The molecule has 4 aromatic rings. The highest BCUT2D eigenvalue weighted by Crippen LogP contribution is 2.33. The van der Waals surface area contributed by atoms with Crippen molar-refractivity contribution >= 4 is 5.97 Å². The van der Waals surface area contributed by atoms with E-state index in [0.717, 1.165) is 43.2 Å². The normalized spacial score (nSPS) is 19.6. The quantitative estimate of drug-likeness (QED) is 0.365. The van der Waals surface area contributed by atoms with Gasteiger partial charge in [0.05, 0.1) is 11.8 Å². The smallest absolute Gasteiger partial charge is 0.335 e. The van der Waals surface area contributed by atoms with Crippen LogP contribution in [0, 0.1) is 0 Å². The lowest BCUT2D eigenvalue weighted by Crippen LogP contribution is -2.45. The number of hydrogen-bond acceptors (Lipinski definition) is 6. The van der Waals surface area contributed by atoms with Crippen LogP contribution < -0.4 is 4.74 Å². The van der Waals surface area contributed by atoms with E-state index >= 15 is 0 Å². The van der Waals surface area contributed by atoms with Gasteiger partial charge in [0.1, 0.15) is 17.8 Å². The Kier molecular flexibility index (Phi) is 6.01. The van der Waals surface area contributed by atoms with Gasteiger partial charge in [-0.15, -0.1) is 0 Å². The third-order valence-corrected chi connectivity index (χ3v) is 7.13. The molecular weight excluding hydrogens is 456 g/mol. The Morgan fingerprint density at radius 2 is 1.42 bits per heavy atom. The third kappa shape index (κ3) is 4.76. The molecule has 2 aliphatic heterocycles. The Morgan fingerprint density at radius 3 is 1.92 bits per heavy atom. The summed E-state index contributed by atoms with van der Waals surface area (Å²) in [4.78, 5) is 20.3. The summed E-state index contributed by atoms with van der Waals surface area (Å²) in [7, 11) is 0. The SMILES string of the molecule is O=[14C](O)c1ccc(CN2C[C@@H]3C[C@H]2CN3Cc2ccc(Oc3ccc(-c4ncco4)cc3)cc2)cc1. The highest BCUT2D eigenvalue weighted by molar-refractivity contribution is 5.87. The van der Waals surface area contributed by atoms with Crippen molar-refractivity contribution < 1.29 is 19.1 Å². The molecule has 0 unspecified atom stereocenters. The minimum absolute atomic E-state index is 0.338. The summed E-state index contributed by atoms with van der Waals surface area (Å²) in [5.41, 5.74) is 3.70. The van der Waals surface area contributed by atoms with Crippen LogP contribution >= 0.6 is 0 Å². The van der Waals surface area contributed by atoms with E-state index in [2.05, 4.69) is 26.9 Å². The fraction of sp³-hybridized carbons (Fsp3) is 0.241. The number of carboxylic acids is 1. The van der Waals surface area contributed by atoms with Gasteiger partial charge >= 0.3 is 5.97 Å². The summed E-state index contributed by atoms with van der Waals surface area (Å²) in [6.07, 6.45) is 4.39. The first-order chi connectivity index (χ1) is 17.6. The van der Waals surface area contributed by atoms with Crippen LogP contribution in [0.15, 0.2) is 89.7 Å². The topological polar surface area (TPSA) is 79.0 Å². The second-order valence-electron chi connectivity index (χ2n) is 9.51. The first-order valence-corrected chi connectivity index (χ1v) is 12.2. The van der Waals surface area contributed by atoms with E-state index in [1.54, 1.807) is 24.6 Å². The zero-order valence-corrected chi connectivity index (χ0v) is 19.8. The van der Waals surface area contributed by atoms with Gasteiger partial charge in [0.15, 0.2) is 0 Å². The minimum atomic E-state index is -0.880. The van der Waals surface area contributed by atoms with Crippen LogP contribution in [-0.4, -0.2) is 51.0 Å². The maximum Gasteiger partial charge on any atom is 0.335 e. The van der Waals surface area contributed by atoms with Gasteiger partial charge in [0, 0.05) is 43.8 Å². The number of hydrogen-bond donors (Lipinski definition) is 1. The molecule has 2 bridgehead atoms. The monoisotopic (exact) mass is 483 g/mol. The Labute approximate surface area is 209 Å². The maximum atomic E-state index is 11.1. The zero-order valence-electron chi connectivity index (χ0n) is 19.8. The summed E-state index contributed by atoms with van der Waals surface area (Å²) in [6.45, 7) is 3.93. The number of oxazole rings is 1. The van der Waals surface area contributed by atoms with E-state index in [1.807, 2.05) is 48.5 Å². The molecule has 2 aliphatic rings. The lowest BCUT2D eigenvalue weighted by molar-refractivity contribution is 0.0697. The van der Waals surface area contributed by atoms with Gasteiger partial charge in [-0.05, 0) is 66.1 Å². The number of aromatic carboxylic acids is 1. The van der Waals surface area contributed by atoms with Crippen LogP contribution in [0.3, 0.4) is 0 Å². The lowest BCUT2D eigenvalue weighted by atomic mass is 10.1. The molecule has 2 fully saturated rings. The molecule has 0 saturated carbocycles. The largest absolute Gasteiger partial charge is 0.478 e. The number of benzene rings is 3. The van der Waals surface area contributed by atoms with E-state index in [0.29, 0.717) is 23.5 Å². The third-order valence-electron chi connectivity index (χ3n) is 7.13. The van der Waals surface area contributed by atoms with Crippen molar-refractivity contribution in [1.82, 2.24) is 14.8 Å². The summed E-state index contributed by atoms with van der Waals surface area (Å²) >= 11 is 0. The van der Waals surface area contributed by atoms with Crippen molar-refractivity contribution in [3.05, 3.63) is 102 Å². The highest BCUT2D eigenvalue weighted by Gasteiger charge is 2.42. The molecular formula is C29H27N3O4. The first-order valence-electron chi connectivity index (χ1n) is 12.2. The van der Waals surface area contributed by atoms with Gasteiger partial charge in [-0.3, -0.25) is 9.80 Å². The predicted octanol–water partition coefficient (Wildman–Crippen LogP) is 5.29. The number of ether oxygens (including phenoxy) is 1. The number of aromatic nitrogens is 1. The number of piperazine rings is 1. The van der Waals surface area contributed by atoms with Crippen molar-refractivity contribution in [2.24, 2.45) is 0 Å². The summed E-state index contributed by atoms with van der Waals surface area (Å²) in [5, 5.41) is 9.09. The molecule has 2 saturated heterocycles. The Morgan fingerprint density at radius 1 is 0.861 bits per heavy atom. The van der Waals surface area contributed by atoms with Crippen molar-refractivity contribution in [2.45, 2.75) is 31.6 Å². The summed E-state index contributed by atoms with van der Waals surface area (Å²) in [6, 6.07) is 24.4. The lowest BCUT2D eigenvalue weighted by Gasteiger charge is -2.34.